The molecule has 8 heteroatoms. The zero-order valence-electron chi connectivity index (χ0n) is 10.8. The number of benzene rings is 1. The molecule has 0 fully saturated rings. The van der Waals surface area contributed by atoms with E-state index >= 15 is 0 Å². The Hall–Kier alpha value is -1.96. The van der Waals surface area contributed by atoms with Crippen LogP contribution in [0.3, 0.4) is 0 Å². The summed E-state index contributed by atoms with van der Waals surface area (Å²) in [6, 6.07) is 4.52. The monoisotopic (exact) mass is 288 g/mol. The van der Waals surface area contributed by atoms with E-state index in [-0.39, 0.29) is 11.4 Å². The Balaban J connectivity index is 2.83. The summed E-state index contributed by atoms with van der Waals surface area (Å²) < 4.78 is 31.7. The number of ether oxygens (including phenoxy) is 1. The van der Waals surface area contributed by atoms with E-state index in [4.69, 9.17) is 0 Å². The number of aromatic hydroxyl groups is 1. The van der Waals surface area contributed by atoms with Gasteiger partial charge in [-0.3, -0.25) is 4.72 Å². The molecular weight excluding hydrogens is 272 g/mol. The number of hydrogen-bond acceptors (Lipinski definition) is 5. The fourth-order valence-corrected chi connectivity index (χ4v) is 2.15. The highest BCUT2D eigenvalue weighted by Crippen LogP contribution is 2.26. The molecule has 0 saturated carbocycles. The predicted molar refractivity (Wildman–Crippen MR) is 70.1 cm³/mol. The maximum absolute atomic E-state index is 11.7. The highest BCUT2D eigenvalue weighted by atomic mass is 32.2. The van der Waals surface area contributed by atoms with Crippen LogP contribution in [0.25, 0.3) is 0 Å². The minimum Gasteiger partial charge on any atom is -0.506 e. The maximum Gasteiger partial charge on any atom is 0.422 e. The van der Waals surface area contributed by atoms with E-state index < -0.39 is 22.4 Å². The lowest BCUT2D eigenvalue weighted by Crippen LogP contribution is -2.37. The first-order valence-electron chi connectivity index (χ1n) is 5.51. The first-order valence-corrected chi connectivity index (χ1v) is 6.99. The second-order valence-electron chi connectivity index (χ2n) is 4.13. The van der Waals surface area contributed by atoms with Crippen molar-refractivity contribution >= 4 is 22.0 Å². The average molecular weight is 288 g/mol. The molecule has 0 radical (unpaired) electrons. The van der Waals surface area contributed by atoms with Gasteiger partial charge in [0.2, 0.25) is 0 Å². The van der Waals surface area contributed by atoms with Gasteiger partial charge in [0.05, 0.1) is 11.8 Å². The van der Waals surface area contributed by atoms with Crippen LogP contribution in [0.15, 0.2) is 18.2 Å². The SMILES string of the molecule is Cc1cccc(O)c1NS(=O)(=O)NC(=O)OC(C)C. The van der Waals surface area contributed by atoms with Gasteiger partial charge in [0.25, 0.3) is 0 Å². The van der Waals surface area contributed by atoms with Crippen molar-refractivity contribution in [2.75, 3.05) is 4.72 Å². The molecule has 0 bridgehead atoms. The Morgan fingerprint density at radius 2 is 2.00 bits per heavy atom. The van der Waals surface area contributed by atoms with Crippen molar-refractivity contribution in [2.24, 2.45) is 0 Å². The van der Waals surface area contributed by atoms with Gasteiger partial charge in [-0.15, -0.1) is 0 Å². The van der Waals surface area contributed by atoms with E-state index in [0.29, 0.717) is 5.56 Å². The average Bonchev–Trinajstić information content (AvgIpc) is 2.21. The molecule has 3 N–H and O–H groups in total. The third kappa shape index (κ3) is 4.66. The van der Waals surface area contributed by atoms with Gasteiger partial charge in [0.1, 0.15) is 5.75 Å². The molecule has 0 spiro atoms. The Labute approximate surface area is 111 Å². The summed E-state index contributed by atoms with van der Waals surface area (Å²) in [5, 5.41) is 9.56. The highest BCUT2D eigenvalue weighted by Gasteiger charge is 2.18. The largest absolute Gasteiger partial charge is 0.506 e. The van der Waals surface area contributed by atoms with E-state index in [1.807, 2.05) is 0 Å². The van der Waals surface area contributed by atoms with Crippen LogP contribution in [0, 0.1) is 6.92 Å². The Bertz CT molecular complexity index is 548. The van der Waals surface area contributed by atoms with Gasteiger partial charge in [-0.1, -0.05) is 12.1 Å². The normalized spacial score (nSPS) is 11.2. The molecule has 1 amide bonds. The van der Waals surface area contributed by atoms with Crippen LogP contribution in [-0.4, -0.2) is 25.7 Å². The summed E-state index contributed by atoms with van der Waals surface area (Å²) in [7, 11) is -4.16. The molecule has 0 aliphatic carbocycles. The molecule has 0 aliphatic rings. The number of hydrogen-bond donors (Lipinski definition) is 3. The number of aryl methyl sites for hydroxylation is 1. The molecule has 0 saturated heterocycles. The second kappa shape index (κ2) is 5.79. The van der Waals surface area contributed by atoms with E-state index in [0.717, 1.165) is 0 Å². The third-order valence-corrected chi connectivity index (χ3v) is 2.96. The summed E-state index contributed by atoms with van der Waals surface area (Å²) in [5.74, 6) is -0.234. The quantitative estimate of drug-likeness (QED) is 0.728. The van der Waals surface area contributed by atoms with Gasteiger partial charge in [-0.25, -0.2) is 9.52 Å². The van der Waals surface area contributed by atoms with Crippen LogP contribution in [0.2, 0.25) is 0 Å². The van der Waals surface area contributed by atoms with Crippen molar-refractivity contribution in [1.82, 2.24) is 4.72 Å². The van der Waals surface area contributed by atoms with Gasteiger partial charge < -0.3 is 9.84 Å². The maximum atomic E-state index is 11.7. The Morgan fingerprint density at radius 3 is 2.53 bits per heavy atom. The number of rotatable bonds is 4. The van der Waals surface area contributed by atoms with Crippen LogP contribution in [0.1, 0.15) is 19.4 Å². The lowest BCUT2D eigenvalue weighted by Gasteiger charge is -2.13. The standard InChI is InChI=1S/C11H16N2O5S/c1-7(2)18-11(15)13-19(16,17)12-10-8(3)5-4-6-9(10)14/h4-7,12,14H,1-3H3,(H,13,15). The molecule has 106 valence electrons. The van der Waals surface area contributed by atoms with Crippen molar-refractivity contribution in [1.29, 1.82) is 0 Å². The van der Waals surface area contributed by atoms with Gasteiger partial charge >= 0.3 is 16.3 Å². The van der Waals surface area contributed by atoms with Crippen LogP contribution in [0.5, 0.6) is 5.75 Å². The molecule has 0 atom stereocenters. The van der Waals surface area contributed by atoms with Gasteiger partial charge in [0.15, 0.2) is 0 Å². The number of nitrogens with one attached hydrogen (secondary N) is 2. The van der Waals surface area contributed by atoms with Crippen molar-refractivity contribution < 1.29 is 23.1 Å². The lowest BCUT2D eigenvalue weighted by molar-refractivity contribution is 0.121. The first-order chi connectivity index (χ1) is 8.71. The summed E-state index contributed by atoms with van der Waals surface area (Å²) in [6.45, 7) is 4.80. The molecule has 19 heavy (non-hydrogen) atoms. The topological polar surface area (TPSA) is 105 Å². The van der Waals surface area contributed by atoms with Crippen molar-refractivity contribution in [3.05, 3.63) is 23.8 Å². The molecule has 1 aromatic carbocycles. The number of carbonyl (C=O) groups is 1. The summed E-state index contributed by atoms with van der Waals surface area (Å²) in [6.07, 6.45) is -1.53. The number of anilines is 1. The smallest absolute Gasteiger partial charge is 0.422 e. The van der Waals surface area contributed by atoms with Crippen LogP contribution >= 0.6 is 0 Å². The van der Waals surface area contributed by atoms with Crippen LogP contribution in [-0.2, 0) is 14.9 Å². The van der Waals surface area contributed by atoms with Gasteiger partial charge in [-0.05, 0) is 32.4 Å². The molecule has 0 aromatic heterocycles. The van der Waals surface area contributed by atoms with E-state index in [9.17, 15) is 18.3 Å². The second-order valence-corrected chi connectivity index (χ2v) is 5.55. The van der Waals surface area contributed by atoms with Gasteiger partial charge in [0, 0.05) is 0 Å². The highest BCUT2D eigenvalue weighted by molar-refractivity contribution is 7.91. The van der Waals surface area contributed by atoms with Crippen molar-refractivity contribution in [3.63, 3.8) is 0 Å². The number of carbonyl (C=O) groups excluding carboxylic acids is 1. The Kier molecular flexibility index (Phi) is 4.60. The number of phenolic OH excluding ortho intramolecular Hbond substituents is 1. The summed E-state index contributed by atoms with van der Waals surface area (Å²) in [5.41, 5.74) is 0.523. The summed E-state index contributed by atoms with van der Waals surface area (Å²) >= 11 is 0. The van der Waals surface area contributed by atoms with E-state index in [2.05, 4.69) is 9.46 Å². The van der Waals surface area contributed by atoms with Crippen molar-refractivity contribution in [3.8, 4) is 5.75 Å². The fraction of sp³-hybridized carbons (Fsp3) is 0.364. The van der Waals surface area contributed by atoms with E-state index in [1.165, 1.54) is 6.07 Å². The summed E-state index contributed by atoms with van der Waals surface area (Å²) in [4.78, 5) is 11.2. The van der Waals surface area contributed by atoms with Crippen molar-refractivity contribution in [2.45, 2.75) is 26.9 Å². The molecule has 7 nitrogen and oxygen atoms in total. The zero-order valence-corrected chi connectivity index (χ0v) is 11.6. The first kappa shape index (κ1) is 15.1. The lowest BCUT2D eigenvalue weighted by atomic mass is 10.2. The Morgan fingerprint density at radius 1 is 1.37 bits per heavy atom. The minimum absolute atomic E-state index is 0.00680. The molecule has 1 aromatic rings. The molecule has 0 unspecified atom stereocenters. The molecule has 0 aliphatic heterocycles. The third-order valence-electron chi connectivity index (χ3n) is 2.05. The number of amides is 1. The van der Waals surface area contributed by atoms with E-state index in [1.54, 1.807) is 37.6 Å². The fourth-order valence-electron chi connectivity index (χ4n) is 1.29. The predicted octanol–water partition coefficient (Wildman–Crippen LogP) is 1.49. The minimum atomic E-state index is -4.16. The van der Waals surface area contributed by atoms with Gasteiger partial charge in [-0.2, -0.15) is 8.42 Å². The molecule has 1 rings (SSSR count). The number of phenols is 1. The van der Waals surface area contributed by atoms with Crippen LogP contribution in [0.4, 0.5) is 10.5 Å². The molecular formula is C11H16N2O5S. The molecule has 0 heterocycles. The van der Waals surface area contributed by atoms with Crippen LogP contribution < -0.4 is 9.44 Å². The number of para-hydroxylation sites is 1. The zero-order chi connectivity index (χ0) is 14.6.